The molecule has 29 heavy (non-hydrogen) atoms. The summed E-state index contributed by atoms with van der Waals surface area (Å²) < 4.78 is 0. The number of anilines is 1. The SMILES string of the molecule is CNC(=O)/C(C#N)=C1\S[C@@H](Cc2ccc(C)c(C)c2)C(=O)N1c1ccc(C)cc1. The van der Waals surface area contributed by atoms with E-state index in [0.29, 0.717) is 17.1 Å². The van der Waals surface area contributed by atoms with Crippen LogP contribution in [-0.2, 0) is 16.0 Å². The van der Waals surface area contributed by atoms with Gasteiger partial charge in [0.15, 0.2) is 0 Å². The minimum absolute atomic E-state index is 0.0472. The van der Waals surface area contributed by atoms with Crippen LogP contribution in [0.15, 0.2) is 53.1 Å². The number of benzene rings is 2. The molecule has 0 bridgehead atoms. The predicted octanol–water partition coefficient (Wildman–Crippen LogP) is 3.78. The standard InChI is InChI=1S/C23H23N3O2S/c1-14-5-9-18(10-6-14)26-22(28)20(12-17-8-7-15(2)16(3)11-17)29-23(26)19(13-24)21(27)25-4/h5-11,20H,12H2,1-4H3,(H,25,27)/b23-19-/t20-/m0/s1. The van der Waals surface area contributed by atoms with Crippen molar-refractivity contribution in [2.24, 2.45) is 0 Å². The predicted molar refractivity (Wildman–Crippen MR) is 116 cm³/mol. The van der Waals surface area contributed by atoms with Gasteiger partial charge in [-0.05, 0) is 56.0 Å². The molecular formula is C23H23N3O2S. The Hall–Kier alpha value is -3.04. The molecule has 0 unspecified atom stereocenters. The number of aryl methyl sites for hydroxylation is 3. The zero-order valence-corrected chi connectivity index (χ0v) is 17.8. The van der Waals surface area contributed by atoms with E-state index in [2.05, 4.69) is 24.4 Å². The molecule has 6 heteroatoms. The number of rotatable bonds is 4. The molecule has 3 rings (SSSR count). The van der Waals surface area contributed by atoms with Gasteiger partial charge >= 0.3 is 0 Å². The monoisotopic (exact) mass is 405 g/mol. The summed E-state index contributed by atoms with van der Waals surface area (Å²) in [5.74, 6) is -0.615. The van der Waals surface area contributed by atoms with Crippen LogP contribution in [0.4, 0.5) is 5.69 Å². The number of hydrogen-bond acceptors (Lipinski definition) is 4. The van der Waals surface area contributed by atoms with Gasteiger partial charge in [0, 0.05) is 12.7 Å². The van der Waals surface area contributed by atoms with Crippen molar-refractivity contribution < 1.29 is 9.59 Å². The number of thioether (sulfide) groups is 1. The molecule has 0 saturated carbocycles. The molecule has 1 N–H and O–H groups in total. The van der Waals surface area contributed by atoms with Crippen molar-refractivity contribution in [2.45, 2.75) is 32.4 Å². The average molecular weight is 406 g/mol. The molecule has 0 aliphatic carbocycles. The Morgan fingerprint density at radius 2 is 1.83 bits per heavy atom. The maximum Gasteiger partial charge on any atom is 0.264 e. The lowest BCUT2D eigenvalue weighted by Gasteiger charge is -2.18. The third kappa shape index (κ3) is 4.20. The number of carbonyl (C=O) groups excluding carboxylic acids is 2. The van der Waals surface area contributed by atoms with Crippen molar-refractivity contribution in [1.29, 1.82) is 5.26 Å². The van der Waals surface area contributed by atoms with Gasteiger partial charge < -0.3 is 5.32 Å². The Balaban J connectivity index is 2.03. The largest absolute Gasteiger partial charge is 0.354 e. The number of nitrogens with zero attached hydrogens (tertiary/aromatic N) is 2. The van der Waals surface area contributed by atoms with Gasteiger partial charge in [0.1, 0.15) is 16.7 Å². The number of nitrogens with one attached hydrogen (secondary N) is 1. The minimum atomic E-state index is -0.494. The van der Waals surface area contributed by atoms with Crippen LogP contribution in [0, 0.1) is 32.1 Å². The highest BCUT2D eigenvalue weighted by Gasteiger charge is 2.40. The Morgan fingerprint density at radius 1 is 1.14 bits per heavy atom. The Kier molecular flexibility index (Phi) is 6.09. The molecule has 2 amide bonds. The Labute approximate surface area is 175 Å². The van der Waals surface area contributed by atoms with Crippen molar-refractivity contribution in [2.75, 3.05) is 11.9 Å². The van der Waals surface area contributed by atoms with Gasteiger partial charge in [-0.2, -0.15) is 5.26 Å². The topological polar surface area (TPSA) is 73.2 Å². The molecule has 1 heterocycles. The third-order valence-electron chi connectivity index (χ3n) is 5.02. The zero-order chi connectivity index (χ0) is 21.1. The number of carbonyl (C=O) groups is 2. The lowest BCUT2D eigenvalue weighted by molar-refractivity contribution is -0.117. The summed E-state index contributed by atoms with van der Waals surface area (Å²) in [4.78, 5) is 27.1. The summed E-state index contributed by atoms with van der Waals surface area (Å²) in [5, 5.41) is 12.1. The van der Waals surface area contributed by atoms with Crippen LogP contribution in [0.3, 0.4) is 0 Å². The summed E-state index contributed by atoms with van der Waals surface area (Å²) in [6.45, 7) is 6.07. The molecule has 1 saturated heterocycles. The highest BCUT2D eigenvalue weighted by Crippen LogP contribution is 2.42. The van der Waals surface area contributed by atoms with Gasteiger partial charge in [-0.15, -0.1) is 0 Å². The first kappa shape index (κ1) is 20.7. The molecule has 148 valence electrons. The molecule has 0 radical (unpaired) electrons. The lowest BCUT2D eigenvalue weighted by atomic mass is 10.0. The van der Waals surface area contributed by atoms with Crippen LogP contribution in [0.5, 0.6) is 0 Å². The fraction of sp³-hybridized carbons (Fsp3) is 0.261. The van der Waals surface area contributed by atoms with Crippen LogP contribution >= 0.6 is 11.8 Å². The molecule has 0 aromatic heterocycles. The second-order valence-electron chi connectivity index (χ2n) is 7.11. The van der Waals surface area contributed by atoms with Gasteiger partial charge in [0.25, 0.3) is 5.91 Å². The number of hydrogen-bond donors (Lipinski definition) is 1. The number of nitriles is 1. The molecule has 1 aliphatic heterocycles. The van der Waals surface area contributed by atoms with E-state index < -0.39 is 11.2 Å². The lowest BCUT2D eigenvalue weighted by Crippen LogP contribution is -2.31. The van der Waals surface area contributed by atoms with Gasteiger partial charge in [-0.25, -0.2) is 0 Å². The van der Waals surface area contributed by atoms with Crippen LogP contribution in [0.2, 0.25) is 0 Å². The minimum Gasteiger partial charge on any atom is -0.354 e. The highest BCUT2D eigenvalue weighted by molar-refractivity contribution is 8.05. The number of amides is 2. The smallest absolute Gasteiger partial charge is 0.264 e. The summed E-state index contributed by atoms with van der Waals surface area (Å²) >= 11 is 1.28. The van der Waals surface area contributed by atoms with Crippen LogP contribution < -0.4 is 10.2 Å². The van der Waals surface area contributed by atoms with Crippen molar-refractivity contribution in [1.82, 2.24) is 5.32 Å². The van der Waals surface area contributed by atoms with Crippen molar-refractivity contribution in [3.63, 3.8) is 0 Å². The van der Waals surface area contributed by atoms with Gasteiger partial charge in [0.2, 0.25) is 5.91 Å². The zero-order valence-electron chi connectivity index (χ0n) is 16.9. The van der Waals surface area contributed by atoms with E-state index in [1.807, 2.05) is 50.2 Å². The van der Waals surface area contributed by atoms with Crippen LogP contribution in [0.1, 0.15) is 22.3 Å². The summed E-state index contributed by atoms with van der Waals surface area (Å²) in [5.41, 5.74) is 5.11. The normalized spacial score (nSPS) is 17.8. The van der Waals surface area contributed by atoms with E-state index in [0.717, 1.165) is 11.1 Å². The van der Waals surface area contributed by atoms with Crippen LogP contribution in [-0.4, -0.2) is 24.1 Å². The van der Waals surface area contributed by atoms with E-state index >= 15 is 0 Å². The van der Waals surface area contributed by atoms with E-state index in [1.165, 1.54) is 34.8 Å². The molecule has 5 nitrogen and oxygen atoms in total. The second kappa shape index (κ2) is 8.54. The molecule has 1 fully saturated rings. The van der Waals surface area contributed by atoms with Crippen LogP contribution in [0.25, 0.3) is 0 Å². The highest BCUT2D eigenvalue weighted by atomic mass is 32.2. The Bertz CT molecular complexity index is 1040. The summed E-state index contributed by atoms with van der Waals surface area (Å²) in [6, 6.07) is 15.6. The van der Waals surface area contributed by atoms with Gasteiger partial charge in [0.05, 0.1) is 5.25 Å². The van der Waals surface area contributed by atoms with E-state index in [9.17, 15) is 14.9 Å². The molecule has 2 aromatic rings. The summed E-state index contributed by atoms with van der Waals surface area (Å²) in [6.07, 6.45) is 0.531. The quantitative estimate of drug-likeness (QED) is 0.621. The molecular weight excluding hydrogens is 382 g/mol. The van der Waals surface area contributed by atoms with E-state index in [1.54, 1.807) is 0 Å². The second-order valence-corrected chi connectivity index (χ2v) is 8.30. The van der Waals surface area contributed by atoms with Gasteiger partial charge in [-0.3, -0.25) is 14.5 Å². The van der Waals surface area contributed by atoms with Crippen molar-refractivity contribution >= 4 is 29.3 Å². The Morgan fingerprint density at radius 3 is 2.41 bits per heavy atom. The van der Waals surface area contributed by atoms with E-state index in [4.69, 9.17) is 0 Å². The third-order valence-corrected chi connectivity index (χ3v) is 6.28. The maximum atomic E-state index is 13.3. The first-order valence-electron chi connectivity index (χ1n) is 9.35. The van der Waals surface area contributed by atoms with Crippen molar-refractivity contribution in [3.8, 4) is 6.07 Å². The maximum absolute atomic E-state index is 13.3. The average Bonchev–Trinajstić information content (AvgIpc) is 3.01. The van der Waals surface area contributed by atoms with Gasteiger partial charge in [-0.1, -0.05) is 47.7 Å². The fourth-order valence-corrected chi connectivity index (χ4v) is 4.49. The molecule has 0 spiro atoms. The fourth-order valence-electron chi connectivity index (χ4n) is 3.19. The molecule has 1 aliphatic rings. The first-order chi connectivity index (χ1) is 13.8. The van der Waals surface area contributed by atoms with E-state index in [-0.39, 0.29) is 11.5 Å². The molecule has 2 aromatic carbocycles. The first-order valence-corrected chi connectivity index (χ1v) is 10.2. The summed E-state index contributed by atoms with van der Waals surface area (Å²) in [7, 11) is 1.48. The number of likely N-dealkylation sites (N-methyl/N-ethyl adjacent to an activating group) is 1. The van der Waals surface area contributed by atoms with Crippen molar-refractivity contribution in [3.05, 3.63) is 75.3 Å². The molecule has 1 atom stereocenters.